The molecule has 2 nitrogen and oxygen atoms in total. The Balaban J connectivity index is 2.17. The Kier molecular flexibility index (Phi) is 3.86. The standard InChI is InChI=1S/C13H15ClO2/c14-12-7-4-8-13(11(12)9-15)16-10-5-2-1-3-6-10/h2,4-5,7-8,10,15H,1,3,6,9H2. The summed E-state index contributed by atoms with van der Waals surface area (Å²) < 4.78 is 5.83. The fraction of sp³-hybridized carbons (Fsp3) is 0.385. The fourth-order valence-corrected chi connectivity index (χ4v) is 2.07. The Bertz CT molecular complexity index is 388. The molecule has 1 unspecified atom stereocenters. The molecule has 1 aromatic carbocycles. The molecule has 0 fully saturated rings. The fourth-order valence-electron chi connectivity index (χ4n) is 1.85. The molecule has 0 amide bonds. The minimum absolute atomic E-state index is 0.0918. The van der Waals surface area contributed by atoms with Crippen molar-refractivity contribution >= 4 is 11.6 Å². The van der Waals surface area contributed by atoms with Gasteiger partial charge in [0.1, 0.15) is 11.9 Å². The number of allylic oxidation sites excluding steroid dienone is 1. The predicted octanol–water partition coefficient (Wildman–Crippen LogP) is 3.32. The summed E-state index contributed by atoms with van der Waals surface area (Å²) in [7, 11) is 0. The van der Waals surface area contributed by atoms with Crippen LogP contribution in [0.1, 0.15) is 24.8 Å². The zero-order valence-corrected chi connectivity index (χ0v) is 9.78. The normalized spacial score (nSPS) is 19.8. The van der Waals surface area contributed by atoms with Gasteiger partial charge in [-0.15, -0.1) is 0 Å². The van der Waals surface area contributed by atoms with E-state index in [0.29, 0.717) is 16.3 Å². The molecule has 1 aliphatic carbocycles. The quantitative estimate of drug-likeness (QED) is 0.819. The molecule has 0 radical (unpaired) electrons. The number of hydrogen-bond donors (Lipinski definition) is 1. The molecule has 0 aliphatic heterocycles. The number of benzene rings is 1. The lowest BCUT2D eigenvalue weighted by Gasteiger charge is -2.20. The van der Waals surface area contributed by atoms with Crippen molar-refractivity contribution in [2.75, 3.05) is 0 Å². The summed E-state index contributed by atoms with van der Waals surface area (Å²) >= 11 is 5.99. The lowest BCUT2D eigenvalue weighted by atomic mass is 10.1. The average molecular weight is 239 g/mol. The topological polar surface area (TPSA) is 29.5 Å². The Morgan fingerprint density at radius 3 is 3.00 bits per heavy atom. The van der Waals surface area contributed by atoms with Crippen LogP contribution >= 0.6 is 11.6 Å². The molecule has 0 heterocycles. The van der Waals surface area contributed by atoms with Gasteiger partial charge in [0.05, 0.1) is 6.61 Å². The molecule has 1 aromatic rings. The smallest absolute Gasteiger partial charge is 0.127 e. The van der Waals surface area contributed by atoms with Crippen molar-refractivity contribution < 1.29 is 9.84 Å². The molecule has 3 heteroatoms. The van der Waals surface area contributed by atoms with Crippen molar-refractivity contribution in [3.8, 4) is 5.75 Å². The Hall–Kier alpha value is -0.990. The highest BCUT2D eigenvalue weighted by Crippen LogP contribution is 2.28. The van der Waals surface area contributed by atoms with Crippen molar-refractivity contribution in [1.82, 2.24) is 0 Å². The zero-order chi connectivity index (χ0) is 11.4. The number of aliphatic hydroxyl groups is 1. The Labute approximate surface area is 101 Å². The van der Waals surface area contributed by atoms with E-state index in [9.17, 15) is 5.11 Å². The van der Waals surface area contributed by atoms with E-state index >= 15 is 0 Å². The van der Waals surface area contributed by atoms with Crippen LogP contribution in [0, 0.1) is 0 Å². The Morgan fingerprint density at radius 1 is 1.44 bits per heavy atom. The SMILES string of the molecule is OCc1c(Cl)cccc1OC1C=CCCC1. The summed E-state index contributed by atoms with van der Waals surface area (Å²) in [6.07, 6.45) is 7.62. The summed E-state index contributed by atoms with van der Waals surface area (Å²) in [4.78, 5) is 0. The largest absolute Gasteiger partial charge is 0.486 e. The first-order chi connectivity index (χ1) is 7.81. The van der Waals surface area contributed by atoms with Crippen LogP contribution in [-0.2, 0) is 6.61 Å². The first kappa shape index (κ1) is 11.5. The van der Waals surface area contributed by atoms with E-state index in [0.717, 1.165) is 19.3 Å². The molecule has 0 aromatic heterocycles. The molecular weight excluding hydrogens is 224 g/mol. The van der Waals surface area contributed by atoms with Crippen molar-refractivity contribution in [1.29, 1.82) is 0 Å². The van der Waals surface area contributed by atoms with Gasteiger partial charge in [-0.1, -0.05) is 23.7 Å². The maximum Gasteiger partial charge on any atom is 0.127 e. The number of halogens is 1. The van der Waals surface area contributed by atoms with Gasteiger partial charge in [0, 0.05) is 10.6 Å². The van der Waals surface area contributed by atoms with Gasteiger partial charge in [0.15, 0.2) is 0 Å². The second kappa shape index (κ2) is 5.37. The van der Waals surface area contributed by atoms with Gasteiger partial charge < -0.3 is 9.84 Å². The van der Waals surface area contributed by atoms with E-state index < -0.39 is 0 Å². The molecule has 86 valence electrons. The maximum atomic E-state index is 9.25. The number of hydrogen-bond acceptors (Lipinski definition) is 2. The van der Waals surface area contributed by atoms with E-state index in [1.165, 1.54) is 0 Å². The molecule has 0 spiro atoms. The van der Waals surface area contributed by atoms with E-state index in [2.05, 4.69) is 12.2 Å². The van der Waals surface area contributed by atoms with Crippen LogP contribution in [0.15, 0.2) is 30.4 Å². The number of ether oxygens (including phenoxy) is 1. The molecule has 2 rings (SSSR count). The summed E-state index contributed by atoms with van der Waals surface area (Å²) in [6.45, 7) is -0.0918. The minimum Gasteiger partial charge on any atom is -0.486 e. The van der Waals surface area contributed by atoms with Gasteiger partial charge in [-0.05, 0) is 37.5 Å². The molecule has 0 saturated heterocycles. The highest BCUT2D eigenvalue weighted by Gasteiger charge is 2.13. The average Bonchev–Trinajstić information content (AvgIpc) is 2.31. The highest BCUT2D eigenvalue weighted by atomic mass is 35.5. The summed E-state index contributed by atoms with van der Waals surface area (Å²) in [5.74, 6) is 0.687. The lowest BCUT2D eigenvalue weighted by molar-refractivity contribution is 0.216. The van der Waals surface area contributed by atoms with Crippen LogP contribution in [-0.4, -0.2) is 11.2 Å². The minimum atomic E-state index is -0.0918. The third-order valence-electron chi connectivity index (χ3n) is 2.72. The molecular formula is C13H15ClO2. The van der Waals surface area contributed by atoms with Crippen LogP contribution in [0.25, 0.3) is 0 Å². The van der Waals surface area contributed by atoms with Crippen molar-refractivity contribution in [3.05, 3.63) is 40.9 Å². The van der Waals surface area contributed by atoms with Gasteiger partial charge in [-0.3, -0.25) is 0 Å². The first-order valence-electron chi connectivity index (χ1n) is 5.53. The van der Waals surface area contributed by atoms with E-state index in [1.54, 1.807) is 6.07 Å². The highest BCUT2D eigenvalue weighted by molar-refractivity contribution is 6.31. The molecule has 1 N–H and O–H groups in total. The zero-order valence-electron chi connectivity index (χ0n) is 9.03. The predicted molar refractivity (Wildman–Crippen MR) is 64.8 cm³/mol. The first-order valence-corrected chi connectivity index (χ1v) is 5.90. The van der Waals surface area contributed by atoms with E-state index in [4.69, 9.17) is 16.3 Å². The second-order valence-electron chi connectivity index (χ2n) is 3.89. The van der Waals surface area contributed by atoms with Gasteiger partial charge in [0.25, 0.3) is 0 Å². The summed E-state index contributed by atoms with van der Waals surface area (Å²) in [6, 6.07) is 5.44. The summed E-state index contributed by atoms with van der Waals surface area (Å²) in [5, 5.41) is 9.80. The maximum absolute atomic E-state index is 9.25. The number of rotatable bonds is 3. The second-order valence-corrected chi connectivity index (χ2v) is 4.30. The lowest BCUT2D eigenvalue weighted by Crippen LogP contribution is -2.16. The van der Waals surface area contributed by atoms with Crippen LogP contribution in [0.2, 0.25) is 5.02 Å². The molecule has 16 heavy (non-hydrogen) atoms. The van der Waals surface area contributed by atoms with Crippen molar-refractivity contribution in [2.45, 2.75) is 32.0 Å². The van der Waals surface area contributed by atoms with Crippen LogP contribution in [0.4, 0.5) is 0 Å². The summed E-state index contributed by atoms with van der Waals surface area (Å²) in [5.41, 5.74) is 0.670. The van der Waals surface area contributed by atoms with Gasteiger partial charge in [-0.2, -0.15) is 0 Å². The van der Waals surface area contributed by atoms with E-state index in [1.807, 2.05) is 12.1 Å². The Morgan fingerprint density at radius 2 is 2.31 bits per heavy atom. The molecule has 0 saturated carbocycles. The van der Waals surface area contributed by atoms with Crippen molar-refractivity contribution in [3.63, 3.8) is 0 Å². The van der Waals surface area contributed by atoms with Crippen LogP contribution < -0.4 is 4.74 Å². The molecule has 1 aliphatic rings. The molecule has 1 atom stereocenters. The van der Waals surface area contributed by atoms with E-state index in [-0.39, 0.29) is 12.7 Å². The third kappa shape index (κ3) is 2.57. The van der Waals surface area contributed by atoms with Crippen LogP contribution in [0.5, 0.6) is 5.75 Å². The molecule has 0 bridgehead atoms. The van der Waals surface area contributed by atoms with Crippen LogP contribution in [0.3, 0.4) is 0 Å². The monoisotopic (exact) mass is 238 g/mol. The van der Waals surface area contributed by atoms with Gasteiger partial charge >= 0.3 is 0 Å². The van der Waals surface area contributed by atoms with Crippen molar-refractivity contribution in [2.24, 2.45) is 0 Å². The van der Waals surface area contributed by atoms with Gasteiger partial charge in [0.2, 0.25) is 0 Å². The third-order valence-corrected chi connectivity index (χ3v) is 3.08. The van der Waals surface area contributed by atoms with Gasteiger partial charge in [-0.25, -0.2) is 0 Å². The number of aliphatic hydroxyl groups excluding tert-OH is 1.